The summed E-state index contributed by atoms with van der Waals surface area (Å²) in [6.07, 6.45) is 5.18. The maximum atomic E-state index is 8.90. The number of hydrogen-bond acceptors (Lipinski definition) is 5. The third-order valence-corrected chi connectivity index (χ3v) is 3.04. The molecule has 17 heavy (non-hydrogen) atoms. The number of thioether (sulfide) groups is 1. The molecule has 0 aliphatic carbocycles. The van der Waals surface area contributed by atoms with Gasteiger partial charge in [-0.25, -0.2) is 15.0 Å². The first kappa shape index (κ1) is 11.6. The molecule has 0 aliphatic heterocycles. The van der Waals surface area contributed by atoms with Crippen molar-refractivity contribution in [3.8, 4) is 6.07 Å². The minimum atomic E-state index is 0.465. The van der Waals surface area contributed by atoms with Crippen molar-refractivity contribution in [2.24, 2.45) is 0 Å². The van der Waals surface area contributed by atoms with Crippen molar-refractivity contribution in [2.75, 3.05) is 0 Å². The van der Waals surface area contributed by atoms with E-state index in [2.05, 4.69) is 21.0 Å². The van der Waals surface area contributed by atoms with Gasteiger partial charge in [-0.1, -0.05) is 17.8 Å². The number of rotatable bonds is 3. The zero-order valence-corrected chi connectivity index (χ0v) is 10.1. The molecule has 0 saturated carbocycles. The van der Waals surface area contributed by atoms with Gasteiger partial charge in [0.1, 0.15) is 11.8 Å². The maximum Gasteiger partial charge on any atom is 0.187 e. The normalized spacial score (nSPS) is 9.88. The molecule has 4 nitrogen and oxygen atoms in total. The Kier molecular flexibility index (Phi) is 3.68. The summed E-state index contributed by atoms with van der Waals surface area (Å²) in [4.78, 5) is 12.4. The van der Waals surface area contributed by atoms with Crippen molar-refractivity contribution in [1.29, 1.82) is 5.26 Å². The predicted molar refractivity (Wildman–Crippen MR) is 65.3 cm³/mol. The van der Waals surface area contributed by atoms with E-state index in [1.54, 1.807) is 18.6 Å². The Bertz CT molecular complexity index is 545. The average molecular weight is 242 g/mol. The number of aryl methyl sites for hydroxylation is 1. The fraction of sp³-hybridized carbons (Fsp3) is 0.167. The van der Waals surface area contributed by atoms with Crippen LogP contribution in [-0.4, -0.2) is 15.0 Å². The molecule has 0 bridgehead atoms. The Morgan fingerprint density at radius 2 is 2.06 bits per heavy atom. The van der Waals surface area contributed by atoms with Gasteiger partial charge in [0.05, 0.1) is 0 Å². The fourth-order valence-corrected chi connectivity index (χ4v) is 2.03. The first-order chi connectivity index (χ1) is 8.29. The Morgan fingerprint density at radius 3 is 2.76 bits per heavy atom. The molecule has 0 atom stereocenters. The summed E-state index contributed by atoms with van der Waals surface area (Å²) >= 11 is 1.50. The molecule has 0 aliphatic rings. The van der Waals surface area contributed by atoms with Crippen LogP contribution in [0.1, 0.15) is 16.8 Å². The molecule has 0 saturated heterocycles. The van der Waals surface area contributed by atoms with E-state index in [0.29, 0.717) is 16.6 Å². The van der Waals surface area contributed by atoms with E-state index in [9.17, 15) is 0 Å². The minimum Gasteiger partial charge on any atom is -0.245 e. The number of nitrogens with zero attached hydrogens (tertiary/aromatic N) is 4. The van der Waals surface area contributed by atoms with E-state index >= 15 is 0 Å². The first-order valence-electron chi connectivity index (χ1n) is 5.05. The third kappa shape index (κ3) is 3.02. The molecule has 2 rings (SSSR count). The highest BCUT2D eigenvalue weighted by atomic mass is 32.2. The lowest BCUT2D eigenvalue weighted by molar-refractivity contribution is 0.949. The van der Waals surface area contributed by atoms with Crippen LogP contribution in [0.15, 0.2) is 35.9 Å². The lowest BCUT2D eigenvalue weighted by Gasteiger charge is -2.01. The van der Waals surface area contributed by atoms with Gasteiger partial charge in [-0.05, 0) is 24.1 Å². The zero-order valence-electron chi connectivity index (χ0n) is 9.29. The smallest absolute Gasteiger partial charge is 0.187 e. The highest BCUT2D eigenvalue weighted by Gasteiger charge is 2.04. The summed E-state index contributed by atoms with van der Waals surface area (Å²) in [6, 6.07) is 5.80. The molecular weight excluding hydrogens is 232 g/mol. The monoisotopic (exact) mass is 242 g/mol. The molecule has 2 aromatic rings. The van der Waals surface area contributed by atoms with E-state index in [-0.39, 0.29) is 0 Å². The van der Waals surface area contributed by atoms with Crippen molar-refractivity contribution in [3.05, 3.63) is 47.5 Å². The average Bonchev–Trinajstić information content (AvgIpc) is 2.38. The molecule has 0 fully saturated rings. The van der Waals surface area contributed by atoms with Gasteiger partial charge in [-0.15, -0.1) is 0 Å². The third-order valence-electron chi connectivity index (χ3n) is 2.11. The summed E-state index contributed by atoms with van der Waals surface area (Å²) in [5.74, 6) is 0.653. The lowest BCUT2D eigenvalue weighted by Crippen LogP contribution is -1.92. The van der Waals surface area contributed by atoms with E-state index in [1.165, 1.54) is 11.8 Å². The largest absolute Gasteiger partial charge is 0.245 e. The highest BCUT2D eigenvalue weighted by molar-refractivity contribution is 7.98. The van der Waals surface area contributed by atoms with Crippen molar-refractivity contribution in [1.82, 2.24) is 15.0 Å². The Morgan fingerprint density at radius 1 is 1.29 bits per heavy atom. The van der Waals surface area contributed by atoms with E-state index in [1.807, 2.05) is 19.1 Å². The van der Waals surface area contributed by atoms with Crippen LogP contribution in [0.25, 0.3) is 0 Å². The molecule has 2 heterocycles. The Hall–Kier alpha value is -1.93. The van der Waals surface area contributed by atoms with Crippen LogP contribution in [-0.2, 0) is 5.75 Å². The van der Waals surface area contributed by atoms with Crippen LogP contribution < -0.4 is 0 Å². The summed E-state index contributed by atoms with van der Waals surface area (Å²) in [5.41, 5.74) is 2.41. The summed E-state index contributed by atoms with van der Waals surface area (Å²) in [7, 11) is 0. The second-order valence-electron chi connectivity index (χ2n) is 3.45. The quantitative estimate of drug-likeness (QED) is 0.610. The minimum absolute atomic E-state index is 0.465. The molecule has 2 aromatic heterocycles. The van der Waals surface area contributed by atoms with Gasteiger partial charge in [-0.2, -0.15) is 5.26 Å². The van der Waals surface area contributed by atoms with Crippen LogP contribution >= 0.6 is 11.8 Å². The van der Waals surface area contributed by atoms with Crippen molar-refractivity contribution < 1.29 is 0 Å². The standard InChI is InChI=1S/C12H10N4S/c1-9-6-15-12(16-7-9)17-8-10-3-2-4-14-11(10)5-13/h2-4,6-7H,8H2,1H3. The molecule has 0 spiro atoms. The van der Waals surface area contributed by atoms with Crippen LogP contribution in [0.3, 0.4) is 0 Å². The van der Waals surface area contributed by atoms with Gasteiger partial charge in [0, 0.05) is 24.3 Å². The molecule has 0 amide bonds. The molecule has 0 unspecified atom stereocenters. The predicted octanol–water partition coefficient (Wildman–Crippen LogP) is 2.34. The lowest BCUT2D eigenvalue weighted by atomic mass is 10.2. The van der Waals surface area contributed by atoms with Crippen molar-refractivity contribution in [2.45, 2.75) is 17.8 Å². The number of nitriles is 1. The SMILES string of the molecule is Cc1cnc(SCc2cccnc2C#N)nc1. The van der Waals surface area contributed by atoms with Crippen LogP contribution in [0.4, 0.5) is 0 Å². The highest BCUT2D eigenvalue weighted by Crippen LogP contribution is 2.19. The number of pyridine rings is 1. The maximum absolute atomic E-state index is 8.90. The van der Waals surface area contributed by atoms with Gasteiger partial charge >= 0.3 is 0 Å². The topological polar surface area (TPSA) is 62.5 Å². The molecule has 84 valence electrons. The van der Waals surface area contributed by atoms with Crippen molar-refractivity contribution in [3.63, 3.8) is 0 Å². The molecular formula is C12H10N4S. The molecule has 0 radical (unpaired) electrons. The number of aromatic nitrogens is 3. The van der Waals surface area contributed by atoms with Crippen molar-refractivity contribution >= 4 is 11.8 Å². The van der Waals surface area contributed by atoms with E-state index in [0.717, 1.165) is 11.1 Å². The summed E-state index contributed by atoms with van der Waals surface area (Å²) in [6.45, 7) is 1.95. The molecule has 0 aromatic carbocycles. The van der Waals surface area contributed by atoms with E-state index in [4.69, 9.17) is 5.26 Å². The van der Waals surface area contributed by atoms with Gasteiger partial charge in [-0.3, -0.25) is 0 Å². The summed E-state index contributed by atoms with van der Waals surface area (Å²) < 4.78 is 0. The van der Waals surface area contributed by atoms with Gasteiger partial charge in [0.2, 0.25) is 0 Å². The molecule has 0 N–H and O–H groups in total. The fourth-order valence-electron chi connectivity index (χ4n) is 1.25. The molecule has 5 heteroatoms. The van der Waals surface area contributed by atoms with Gasteiger partial charge in [0.25, 0.3) is 0 Å². The number of hydrogen-bond donors (Lipinski definition) is 0. The Balaban J connectivity index is 2.08. The van der Waals surface area contributed by atoms with Gasteiger partial charge < -0.3 is 0 Å². The van der Waals surface area contributed by atoms with E-state index < -0.39 is 0 Å². The van der Waals surface area contributed by atoms with Gasteiger partial charge in [0.15, 0.2) is 5.16 Å². The van der Waals surface area contributed by atoms with Crippen LogP contribution in [0.5, 0.6) is 0 Å². The second kappa shape index (κ2) is 5.41. The van der Waals surface area contributed by atoms with Crippen LogP contribution in [0, 0.1) is 18.3 Å². The second-order valence-corrected chi connectivity index (χ2v) is 4.40. The Labute approximate surface area is 104 Å². The zero-order chi connectivity index (χ0) is 12.1. The summed E-state index contributed by atoms with van der Waals surface area (Å²) in [5, 5.41) is 9.61. The van der Waals surface area contributed by atoms with Crippen LogP contribution in [0.2, 0.25) is 0 Å². The first-order valence-corrected chi connectivity index (χ1v) is 6.03.